The quantitative estimate of drug-likeness (QED) is 0.876. The Morgan fingerprint density at radius 2 is 2.04 bits per heavy atom. The molecule has 1 aromatic rings. The van der Waals surface area contributed by atoms with Gasteiger partial charge in [-0.15, -0.1) is 0 Å². The van der Waals surface area contributed by atoms with Crippen LogP contribution in [-0.2, 0) is 14.8 Å². The molecule has 0 aromatic heterocycles. The van der Waals surface area contributed by atoms with Crippen molar-refractivity contribution in [3.8, 4) is 0 Å². The summed E-state index contributed by atoms with van der Waals surface area (Å²) in [6.07, 6.45) is 3.75. The summed E-state index contributed by atoms with van der Waals surface area (Å²) in [7, 11) is -3.60. The van der Waals surface area contributed by atoms with Crippen LogP contribution in [-0.4, -0.2) is 43.7 Å². The number of nitrogens with one attached hydrogen (secondary N) is 1. The van der Waals surface area contributed by atoms with Gasteiger partial charge in [-0.05, 0) is 50.7 Å². The number of aliphatic imine (C=N–C) groups is 1. The van der Waals surface area contributed by atoms with Crippen molar-refractivity contribution in [3.05, 3.63) is 29.8 Å². The molecular weight excluding hydrogens is 350 g/mol. The Morgan fingerprint density at radius 3 is 2.73 bits per heavy atom. The summed E-state index contributed by atoms with van der Waals surface area (Å²) in [5, 5.41) is 0. The topological polar surface area (TPSA) is 78.8 Å². The smallest absolute Gasteiger partial charge is 0.263 e. The SMILES string of the molecule is CC(C)CC(N=C1NS(=O)(=O)c2ccccc21)C(=O)N1CCCCC1C. The summed E-state index contributed by atoms with van der Waals surface area (Å²) < 4.78 is 27.1. The summed E-state index contributed by atoms with van der Waals surface area (Å²) >= 11 is 0. The van der Waals surface area contributed by atoms with Crippen LogP contribution in [0.25, 0.3) is 0 Å². The fraction of sp³-hybridized carbons (Fsp3) is 0.579. The number of benzene rings is 1. The Hall–Kier alpha value is -1.89. The van der Waals surface area contributed by atoms with Crippen molar-refractivity contribution in [1.82, 2.24) is 9.62 Å². The highest BCUT2D eigenvalue weighted by atomic mass is 32.2. The van der Waals surface area contributed by atoms with Crippen molar-refractivity contribution >= 4 is 21.8 Å². The summed E-state index contributed by atoms with van der Waals surface area (Å²) in [5.74, 6) is 0.563. The third-order valence-electron chi connectivity index (χ3n) is 5.01. The van der Waals surface area contributed by atoms with Crippen LogP contribution in [0.1, 0.15) is 52.0 Å². The van der Waals surface area contributed by atoms with E-state index in [0.717, 1.165) is 25.8 Å². The van der Waals surface area contributed by atoms with Gasteiger partial charge in [0.15, 0.2) is 0 Å². The summed E-state index contributed by atoms with van der Waals surface area (Å²) in [4.78, 5) is 19.9. The molecule has 0 spiro atoms. The van der Waals surface area contributed by atoms with E-state index in [1.54, 1.807) is 24.3 Å². The van der Waals surface area contributed by atoms with Gasteiger partial charge in [-0.25, -0.2) is 8.42 Å². The van der Waals surface area contributed by atoms with Gasteiger partial charge in [-0.3, -0.25) is 14.5 Å². The number of piperidine rings is 1. The van der Waals surface area contributed by atoms with Crippen LogP contribution in [0.4, 0.5) is 0 Å². The van der Waals surface area contributed by atoms with E-state index in [1.807, 2.05) is 18.7 Å². The standard InChI is InChI=1S/C19H27N3O3S/c1-13(2)12-16(19(23)22-11-7-6-8-14(22)3)20-18-15-9-4-5-10-17(15)26(24,25)21-18/h4-5,9-10,13-14,16H,6-8,11-12H2,1-3H3,(H,20,21). The van der Waals surface area contributed by atoms with Crippen LogP contribution in [0, 0.1) is 5.92 Å². The first kappa shape index (κ1) is 18.9. The molecular formula is C19H27N3O3S. The molecule has 2 heterocycles. The highest BCUT2D eigenvalue weighted by Crippen LogP contribution is 2.25. The monoisotopic (exact) mass is 377 g/mol. The van der Waals surface area contributed by atoms with E-state index in [9.17, 15) is 13.2 Å². The zero-order chi connectivity index (χ0) is 18.9. The number of hydrogen-bond donors (Lipinski definition) is 1. The molecule has 142 valence electrons. The van der Waals surface area contributed by atoms with Crippen LogP contribution in [0.3, 0.4) is 0 Å². The van der Waals surface area contributed by atoms with Gasteiger partial charge < -0.3 is 4.90 Å². The van der Waals surface area contributed by atoms with Crippen molar-refractivity contribution in [2.24, 2.45) is 10.9 Å². The molecule has 2 aliphatic rings. The van der Waals surface area contributed by atoms with Crippen molar-refractivity contribution in [3.63, 3.8) is 0 Å². The molecule has 1 amide bonds. The molecule has 1 saturated heterocycles. The first-order valence-electron chi connectivity index (χ1n) is 9.30. The minimum Gasteiger partial charge on any atom is -0.338 e. The van der Waals surface area contributed by atoms with E-state index in [4.69, 9.17) is 0 Å². The van der Waals surface area contributed by atoms with E-state index in [2.05, 4.69) is 16.6 Å². The van der Waals surface area contributed by atoms with Crippen molar-refractivity contribution in [1.29, 1.82) is 0 Å². The maximum atomic E-state index is 13.1. The second kappa shape index (κ2) is 7.39. The van der Waals surface area contributed by atoms with Crippen LogP contribution < -0.4 is 4.72 Å². The number of carbonyl (C=O) groups excluding carboxylic acids is 1. The van der Waals surface area contributed by atoms with Crippen LogP contribution in [0.2, 0.25) is 0 Å². The summed E-state index contributed by atoms with van der Waals surface area (Å²) in [6.45, 7) is 6.92. The average Bonchev–Trinajstić information content (AvgIpc) is 2.85. The van der Waals surface area contributed by atoms with Gasteiger partial charge in [0, 0.05) is 18.2 Å². The lowest BCUT2D eigenvalue weighted by Crippen LogP contribution is -2.47. The summed E-state index contributed by atoms with van der Waals surface area (Å²) in [6, 6.07) is 6.40. The molecule has 0 radical (unpaired) electrons. The van der Waals surface area contributed by atoms with Gasteiger partial charge >= 0.3 is 0 Å². The molecule has 1 N–H and O–H groups in total. The normalized spacial score (nSPS) is 24.4. The van der Waals surface area contributed by atoms with Crippen molar-refractivity contribution in [2.45, 2.75) is 63.4 Å². The molecule has 1 aromatic carbocycles. The first-order valence-corrected chi connectivity index (χ1v) is 10.8. The average molecular weight is 378 g/mol. The number of likely N-dealkylation sites (tertiary alicyclic amines) is 1. The predicted octanol–water partition coefficient (Wildman–Crippen LogP) is 2.54. The van der Waals surface area contributed by atoms with E-state index in [-0.39, 0.29) is 28.6 Å². The van der Waals surface area contributed by atoms with E-state index in [0.29, 0.717) is 12.0 Å². The zero-order valence-electron chi connectivity index (χ0n) is 15.6. The van der Waals surface area contributed by atoms with Crippen LogP contribution >= 0.6 is 0 Å². The number of nitrogens with zero attached hydrogens (tertiary/aromatic N) is 2. The molecule has 2 aliphatic heterocycles. The Kier molecular flexibility index (Phi) is 5.37. The number of fused-ring (bicyclic) bond motifs is 1. The first-order chi connectivity index (χ1) is 12.3. The molecule has 6 nitrogen and oxygen atoms in total. The zero-order valence-corrected chi connectivity index (χ0v) is 16.4. The highest BCUT2D eigenvalue weighted by molar-refractivity contribution is 7.90. The third-order valence-corrected chi connectivity index (χ3v) is 6.41. The highest BCUT2D eigenvalue weighted by Gasteiger charge is 2.34. The number of sulfonamides is 1. The fourth-order valence-electron chi connectivity index (χ4n) is 3.66. The number of rotatable bonds is 4. The van der Waals surface area contributed by atoms with Gasteiger partial charge in [0.05, 0.1) is 4.90 Å². The largest absolute Gasteiger partial charge is 0.338 e. The number of amides is 1. The molecule has 26 heavy (non-hydrogen) atoms. The minimum absolute atomic E-state index is 0.00183. The lowest BCUT2D eigenvalue weighted by molar-refractivity contribution is -0.136. The Bertz CT molecular complexity index is 817. The number of hydrogen-bond acceptors (Lipinski definition) is 4. The lowest BCUT2D eigenvalue weighted by Gasteiger charge is -2.35. The molecule has 1 fully saturated rings. The molecule has 0 aliphatic carbocycles. The molecule has 2 atom stereocenters. The Balaban J connectivity index is 1.94. The third kappa shape index (κ3) is 3.77. The Labute approximate surface area is 155 Å². The second-order valence-corrected chi connectivity index (χ2v) is 9.25. The molecule has 2 unspecified atom stereocenters. The van der Waals surface area contributed by atoms with Crippen LogP contribution in [0.5, 0.6) is 0 Å². The van der Waals surface area contributed by atoms with Gasteiger partial charge in [-0.2, -0.15) is 0 Å². The van der Waals surface area contributed by atoms with Crippen LogP contribution in [0.15, 0.2) is 34.2 Å². The van der Waals surface area contributed by atoms with Gasteiger partial charge in [0.25, 0.3) is 10.0 Å². The van der Waals surface area contributed by atoms with Crippen molar-refractivity contribution < 1.29 is 13.2 Å². The molecule has 0 saturated carbocycles. The lowest BCUT2D eigenvalue weighted by atomic mass is 9.98. The minimum atomic E-state index is -3.60. The molecule has 7 heteroatoms. The Morgan fingerprint density at radius 1 is 1.31 bits per heavy atom. The van der Waals surface area contributed by atoms with Crippen molar-refractivity contribution in [2.75, 3.05) is 6.54 Å². The van der Waals surface area contributed by atoms with Gasteiger partial charge in [-0.1, -0.05) is 26.0 Å². The van der Waals surface area contributed by atoms with Gasteiger partial charge in [0.2, 0.25) is 5.91 Å². The van der Waals surface area contributed by atoms with Gasteiger partial charge in [0.1, 0.15) is 11.9 Å². The fourth-order valence-corrected chi connectivity index (χ4v) is 4.90. The van der Waals surface area contributed by atoms with E-state index < -0.39 is 16.1 Å². The molecule has 3 rings (SSSR count). The van der Waals surface area contributed by atoms with E-state index >= 15 is 0 Å². The summed E-state index contributed by atoms with van der Waals surface area (Å²) in [5.41, 5.74) is 0.542. The predicted molar refractivity (Wildman–Crippen MR) is 102 cm³/mol. The number of amidine groups is 1. The molecule has 0 bridgehead atoms. The van der Waals surface area contributed by atoms with E-state index in [1.165, 1.54) is 0 Å². The second-order valence-electron chi connectivity index (χ2n) is 7.60. The maximum absolute atomic E-state index is 13.1. The number of carbonyl (C=O) groups is 1. The maximum Gasteiger partial charge on any atom is 0.263 e.